The lowest BCUT2D eigenvalue weighted by Crippen LogP contribution is -2.53. The smallest absolute Gasteiger partial charge is 0.256 e. The zero-order valence-corrected chi connectivity index (χ0v) is 20.1. The third-order valence-electron chi connectivity index (χ3n) is 6.99. The van der Waals surface area contributed by atoms with Crippen LogP contribution in [-0.4, -0.2) is 70.9 Å². The molecule has 0 unspecified atom stereocenters. The van der Waals surface area contributed by atoms with Gasteiger partial charge in [-0.1, -0.05) is 35.9 Å². The van der Waals surface area contributed by atoms with Crippen LogP contribution in [0.5, 0.6) is 0 Å². The molecule has 2 amide bonds. The van der Waals surface area contributed by atoms with Gasteiger partial charge in [-0.15, -0.1) is 0 Å². The number of likely N-dealkylation sites (tertiary alicyclic amines) is 1. The number of carbonyl (C=O) groups is 2. The topological polar surface area (TPSA) is 69.6 Å². The van der Waals surface area contributed by atoms with Gasteiger partial charge in [0.2, 0.25) is 5.91 Å². The fourth-order valence-corrected chi connectivity index (χ4v) is 5.01. The monoisotopic (exact) mass is 469 g/mol. The van der Waals surface area contributed by atoms with Crippen LogP contribution in [0, 0.1) is 12.8 Å². The Kier molecular flexibility index (Phi) is 6.75. The number of hydrogen-bond donors (Lipinski definition) is 0. The first-order valence-corrected chi connectivity index (χ1v) is 12.4. The van der Waals surface area contributed by atoms with E-state index < -0.39 is 0 Å². The lowest BCUT2D eigenvalue weighted by atomic mass is 9.95. The average Bonchev–Trinajstić information content (AvgIpc) is 2.93. The molecule has 3 aromatic rings. The zero-order valence-electron chi connectivity index (χ0n) is 20.1. The zero-order chi connectivity index (χ0) is 24.2. The second kappa shape index (κ2) is 10.3. The van der Waals surface area contributed by atoms with Gasteiger partial charge in [-0.3, -0.25) is 14.6 Å². The van der Waals surface area contributed by atoms with Crippen LogP contribution < -0.4 is 4.90 Å². The molecule has 2 saturated heterocycles. The van der Waals surface area contributed by atoms with Crippen molar-refractivity contribution in [2.45, 2.75) is 19.8 Å². The van der Waals surface area contributed by atoms with E-state index in [0.717, 1.165) is 42.9 Å². The maximum absolute atomic E-state index is 13.6. The summed E-state index contributed by atoms with van der Waals surface area (Å²) >= 11 is 0. The van der Waals surface area contributed by atoms with Crippen molar-refractivity contribution in [2.24, 2.45) is 5.92 Å². The molecule has 4 heterocycles. The van der Waals surface area contributed by atoms with Gasteiger partial charge in [0.15, 0.2) is 0 Å². The number of aryl methyl sites for hydroxylation is 1. The van der Waals surface area contributed by atoms with Gasteiger partial charge in [0.05, 0.1) is 17.2 Å². The van der Waals surface area contributed by atoms with Gasteiger partial charge in [0.1, 0.15) is 5.82 Å². The molecule has 5 rings (SSSR count). The molecule has 7 heteroatoms. The normalized spacial score (nSPS) is 18.4. The molecule has 0 bridgehead atoms. The molecule has 2 aliphatic heterocycles. The Morgan fingerprint density at radius 1 is 0.829 bits per heavy atom. The van der Waals surface area contributed by atoms with Crippen LogP contribution >= 0.6 is 0 Å². The molecule has 1 atom stereocenters. The van der Waals surface area contributed by atoms with Crippen molar-refractivity contribution in [3.8, 4) is 11.3 Å². The van der Waals surface area contributed by atoms with Crippen LogP contribution in [0.3, 0.4) is 0 Å². The number of piperazine rings is 1. The highest BCUT2D eigenvalue weighted by atomic mass is 16.2. The van der Waals surface area contributed by atoms with Gasteiger partial charge < -0.3 is 14.7 Å². The van der Waals surface area contributed by atoms with Crippen molar-refractivity contribution in [3.05, 3.63) is 78.1 Å². The van der Waals surface area contributed by atoms with Crippen LogP contribution in [0.1, 0.15) is 28.8 Å². The molecule has 2 aliphatic rings. The molecule has 7 nitrogen and oxygen atoms in total. The summed E-state index contributed by atoms with van der Waals surface area (Å²) < 4.78 is 0. The molecule has 0 radical (unpaired) electrons. The predicted octanol–water partition coefficient (Wildman–Crippen LogP) is 3.65. The summed E-state index contributed by atoms with van der Waals surface area (Å²) in [5, 5.41) is 0. The fraction of sp³-hybridized carbons (Fsp3) is 0.357. The van der Waals surface area contributed by atoms with E-state index in [2.05, 4.69) is 14.9 Å². The van der Waals surface area contributed by atoms with Crippen LogP contribution in [-0.2, 0) is 4.79 Å². The van der Waals surface area contributed by atoms with Gasteiger partial charge in [-0.2, -0.15) is 0 Å². The van der Waals surface area contributed by atoms with Crippen molar-refractivity contribution in [1.82, 2.24) is 19.8 Å². The average molecular weight is 470 g/mol. The number of pyridine rings is 2. The molecule has 0 spiro atoms. The first kappa shape index (κ1) is 23.0. The molecule has 180 valence electrons. The van der Waals surface area contributed by atoms with Gasteiger partial charge >= 0.3 is 0 Å². The van der Waals surface area contributed by atoms with E-state index in [1.165, 1.54) is 0 Å². The molecule has 0 N–H and O–H groups in total. The summed E-state index contributed by atoms with van der Waals surface area (Å²) in [5.41, 5.74) is 3.37. The van der Waals surface area contributed by atoms with E-state index in [1.54, 1.807) is 18.5 Å². The quantitative estimate of drug-likeness (QED) is 0.583. The van der Waals surface area contributed by atoms with E-state index in [-0.39, 0.29) is 17.7 Å². The van der Waals surface area contributed by atoms with Gasteiger partial charge in [-0.05, 0) is 44.0 Å². The summed E-state index contributed by atoms with van der Waals surface area (Å²) in [6.45, 7) is 6.07. The number of rotatable bonds is 4. The van der Waals surface area contributed by atoms with Crippen LogP contribution in [0.15, 0.2) is 67.0 Å². The Labute approximate surface area is 206 Å². The first-order chi connectivity index (χ1) is 17.1. The Hall–Kier alpha value is -3.74. The third kappa shape index (κ3) is 5.04. The van der Waals surface area contributed by atoms with Crippen molar-refractivity contribution < 1.29 is 9.59 Å². The summed E-state index contributed by atoms with van der Waals surface area (Å²) in [5.74, 6) is 0.905. The summed E-state index contributed by atoms with van der Waals surface area (Å²) in [6.07, 6.45) is 5.17. The molecule has 35 heavy (non-hydrogen) atoms. The van der Waals surface area contributed by atoms with Crippen LogP contribution in [0.4, 0.5) is 5.82 Å². The van der Waals surface area contributed by atoms with E-state index in [4.69, 9.17) is 0 Å². The fourth-order valence-electron chi connectivity index (χ4n) is 5.01. The van der Waals surface area contributed by atoms with Crippen molar-refractivity contribution >= 4 is 17.6 Å². The third-order valence-corrected chi connectivity index (χ3v) is 6.99. The standard InChI is InChI=1S/C28H31N5O2/c1-21-9-11-22(12-10-21)26-24(7-4-14-30-26)28(35)33-15-5-6-23(20-33)27(34)32-18-16-31(17-19-32)25-8-2-3-13-29-25/h2-4,7-14,23H,5-6,15-20H2,1H3/t23-/m0/s1. The number of amides is 2. The van der Waals surface area contributed by atoms with E-state index >= 15 is 0 Å². The van der Waals surface area contributed by atoms with Crippen molar-refractivity contribution in [3.63, 3.8) is 0 Å². The molecule has 2 aromatic heterocycles. The Morgan fingerprint density at radius 3 is 2.34 bits per heavy atom. The predicted molar refractivity (Wildman–Crippen MR) is 136 cm³/mol. The second-order valence-electron chi connectivity index (χ2n) is 9.36. The van der Waals surface area contributed by atoms with Gasteiger partial charge in [-0.25, -0.2) is 4.98 Å². The summed E-state index contributed by atoms with van der Waals surface area (Å²) in [6, 6.07) is 17.6. The van der Waals surface area contributed by atoms with Crippen molar-refractivity contribution in [1.29, 1.82) is 0 Å². The molecular weight excluding hydrogens is 438 g/mol. The highest BCUT2D eigenvalue weighted by Gasteiger charge is 2.33. The van der Waals surface area contributed by atoms with Gasteiger partial charge in [0.25, 0.3) is 5.91 Å². The number of carbonyl (C=O) groups excluding carboxylic acids is 2. The number of piperidine rings is 1. The largest absolute Gasteiger partial charge is 0.353 e. The first-order valence-electron chi connectivity index (χ1n) is 12.4. The number of anilines is 1. The molecule has 0 saturated carbocycles. The lowest BCUT2D eigenvalue weighted by molar-refractivity contribution is -0.137. The van der Waals surface area contributed by atoms with E-state index in [0.29, 0.717) is 37.4 Å². The van der Waals surface area contributed by atoms with E-state index in [1.807, 2.05) is 65.3 Å². The minimum absolute atomic E-state index is 0.0499. The Morgan fingerprint density at radius 2 is 1.60 bits per heavy atom. The Bertz CT molecular complexity index is 1170. The number of aromatic nitrogens is 2. The highest BCUT2D eigenvalue weighted by molar-refractivity contribution is 6.00. The summed E-state index contributed by atoms with van der Waals surface area (Å²) in [4.78, 5) is 41.9. The maximum Gasteiger partial charge on any atom is 0.256 e. The number of nitrogens with zero attached hydrogens (tertiary/aromatic N) is 5. The lowest BCUT2D eigenvalue weighted by Gasteiger charge is -2.39. The Balaban J connectivity index is 1.25. The molecule has 0 aliphatic carbocycles. The minimum Gasteiger partial charge on any atom is -0.353 e. The molecule has 2 fully saturated rings. The highest BCUT2D eigenvalue weighted by Crippen LogP contribution is 2.26. The SMILES string of the molecule is Cc1ccc(-c2ncccc2C(=O)N2CCC[C@H](C(=O)N3CCN(c4ccccn4)CC3)C2)cc1. The second-order valence-corrected chi connectivity index (χ2v) is 9.36. The summed E-state index contributed by atoms with van der Waals surface area (Å²) in [7, 11) is 0. The van der Waals surface area contributed by atoms with E-state index in [9.17, 15) is 9.59 Å². The van der Waals surface area contributed by atoms with Crippen LogP contribution in [0.2, 0.25) is 0 Å². The van der Waals surface area contributed by atoms with Crippen LogP contribution in [0.25, 0.3) is 11.3 Å². The maximum atomic E-state index is 13.6. The molecule has 1 aromatic carbocycles. The minimum atomic E-state index is -0.159. The number of benzene rings is 1. The number of hydrogen-bond acceptors (Lipinski definition) is 5. The van der Waals surface area contributed by atoms with Gasteiger partial charge in [0, 0.05) is 57.2 Å². The van der Waals surface area contributed by atoms with Crippen molar-refractivity contribution in [2.75, 3.05) is 44.2 Å². The molecular formula is C28H31N5O2.